The van der Waals surface area contributed by atoms with E-state index >= 15 is 0 Å². The van der Waals surface area contributed by atoms with Gasteiger partial charge in [0.2, 0.25) is 0 Å². The predicted octanol–water partition coefficient (Wildman–Crippen LogP) is 1.92. The summed E-state index contributed by atoms with van der Waals surface area (Å²) in [5, 5.41) is 16.9. The third-order valence-electron chi connectivity index (χ3n) is 1.89. The van der Waals surface area contributed by atoms with Gasteiger partial charge in [0.25, 0.3) is 0 Å². The van der Waals surface area contributed by atoms with Crippen molar-refractivity contribution < 1.29 is 33.0 Å². The Morgan fingerprint density at radius 3 is 1.93 bits per heavy atom. The third kappa shape index (κ3) is 3.50. The number of carboxylic acid groups (broad SMARTS) is 2. The molecule has 0 rings (SSSR count). The van der Waals surface area contributed by atoms with E-state index in [2.05, 4.69) is 0 Å². The van der Waals surface area contributed by atoms with Gasteiger partial charge in [-0.2, -0.15) is 13.2 Å². The third-order valence-corrected chi connectivity index (χ3v) is 3.25. The van der Waals surface area contributed by atoms with E-state index in [0.717, 1.165) is 22.6 Å². The molecule has 0 aliphatic heterocycles. The first kappa shape index (κ1) is 14.5. The molecular formula is C7H8F3IO4. The molecule has 0 spiro atoms. The molecule has 0 heterocycles. The van der Waals surface area contributed by atoms with Crippen LogP contribution in [-0.4, -0.2) is 31.7 Å². The molecule has 0 amide bonds. The van der Waals surface area contributed by atoms with Gasteiger partial charge in [0, 0.05) is 0 Å². The van der Waals surface area contributed by atoms with Crippen molar-refractivity contribution in [3.8, 4) is 0 Å². The van der Waals surface area contributed by atoms with E-state index in [-0.39, 0.29) is 0 Å². The fraction of sp³-hybridized carbons (Fsp3) is 0.714. The van der Waals surface area contributed by atoms with Crippen molar-refractivity contribution in [2.24, 2.45) is 5.92 Å². The fourth-order valence-electron chi connectivity index (χ4n) is 0.883. The van der Waals surface area contributed by atoms with E-state index < -0.39 is 33.9 Å². The van der Waals surface area contributed by atoms with E-state index in [9.17, 15) is 22.8 Å². The van der Waals surface area contributed by atoms with Gasteiger partial charge in [0.15, 0.2) is 0 Å². The molecule has 0 saturated heterocycles. The monoisotopic (exact) mass is 340 g/mol. The van der Waals surface area contributed by atoms with Crippen LogP contribution >= 0.6 is 22.6 Å². The van der Waals surface area contributed by atoms with Crippen molar-refractivity contribution in [2.45, 2.75) is 22.9 Å². The van der Waals surface area contributed by atoms with Gasteiger partial charge in [-0.05, 0) is 6.92 Å². The van der Waals surface area contributed by atoms with Crippen molar-refractivity contribution in [1.82, 2.24) is 0 Å². The topological polar surface area (TPSA) is 74.6 Å². The van der Waals surface area contributed by atoms with Crippen molar-refractivity contribution in [3.05, 3.63) is 0 Å². The molecule has 2 atom stereocenters. The van der Waals surface area contributed by atoms with Crippen LogP contribution in [0.25, 0.3) is 0 Å². The molecule has 0 aromatic carbocycles. The number of carboxylic acids is 2. The van der Waals surface area contributed by atoms with Gasteiger partial charge in [-0.15, -0.1) is 0 Å². The number of halogens is 4. The second-order valence-corrected chi connectivity index (χ2v) is 5.30. The summed E-state index contributed by atoms with van der Waals surface area (Å²) >= 11 is 0.924. The minimum atomic E-state index is -4.77. The smallest absolute Gasteiger partial charge is 0.403 e. The van der Waals surface area contributed by atoms with Crippen LogP contribution in [0.2, 0.25) is 0 Å². The number of hydrogen-bond acceptors (Lipinski definition) is 2. The molecule has 0 bridgehead atoms. The molecule has 0 saturated carbocycles. The fourth-order valence-corrected chi connectivity index (χ4v) is 1.37. The summed E-state index contributed by atoms with van der Waals surface area (Å²) in [4.78, 5) is 20.8. The zero-order valence-electron chi connectivity index (χ0n) is 7.51. The summed E-state index contributed by atoms with van der Waals surface area (Å²) in [7, 11) is 0. The largest absolute Gasteiger partial charge is 0.481 e. The Labute approximate surface area is 96.6 Å². The van der Waals surface area contributed by atoms with E-state index in [1.807, 2.05) is 0 Å². The standard InChI is InChI=1S/C7H8F3IO4/c1-6(11,7(8,9)10)3(5(14)15)2-4(12)13/h3H,2H2,1H3,(H,12,13)(H,14,15). The van der Waals surface area contributed by atoms with E-state index in [0.29, 0.717) is 6.92 Å². The minimum absolute atomic E-state index is 0.662. The Balaban J connectivity index is 5.08. The van der Waals surface area contributed by atoms with Crippen LogP contribution in [0, 0.1) is 5.92 Å². The van der Waals surface area contributed by atoms with Crippen molar-refractivity contribution in [3.63, 3.8) is 0 Å². The number of aliphatic carboxylic acids is 2. The molecule has 0 aliphatic carbocycles. The maximum Gasteiger partial charge on any atom is 0.403 e. The molecule has 8 heteroatoms. The lowest BCUT2D eigenvalue weighted by Crippen LogP contribution is -2.47. The number of alkyl halides is 4. The van der Waals surface area contributed by atoms with E-state index in [1.165, 1.54) is 0 Å². The lowest BCUT2D eigenvalue weighted by atomic mass is 9.90. The van der Waals surface area contributed by atoms with Crippen LogP contribution in [0.4, 0.5) is 13.2 Å². The minimum Gasteiger partial charge on any atom is -0.481 e. The van der Waals surface area contributed by atoms with Gasteiger partial charge >= 0.3 is 18.1 Å². The molecule has 0 aliphatic rings. The Hall–Kier alpha value is -0.540. The van der Waals surface area contributed by atoms with Crippen LogP contribution in [0.15, 0.2) is 0 Å². The summed E-state index contributed by atoms with van der Waals surface area (Å²) in [5.74, 6) is -5.35. The molecule has 0 radical (unpaired) electrons. The first-order valence-electron chi connectivity index (χ1n) is 3.70. The molecule has 2 unspecified atom stereocenters. The maximum absolute atomic E-state index is 12.4. The maximum atomic E-state index is 12.4. The second kappa shape index (κ2) is 4.54. The summed E-state index contributed by atoms with van der Waals surface area (Å²) in [6.45, 7) is 0.662. The van der Waals surface area contributed by atoms with Gasteiger partial charge in [-0.25, -0.2) is 0 Å². The van der Waals surface area contributed by atoms with Gasteiger partial charge in [-0.1, -0.05) is 22.6 Å². The molecule has 2 N–H and O–H groups in total. The lowest BCUT2D eigenvalue weighted by Gasteiger charge is -2.30. The van der Waals surface area contributed by atoms with Gasteiger partial charge in [-0.3, -0.25) is 9.59 Å². The Bertz CT molecular complexity index is 274. The van der Waals surface area contributed by atoms with Crippen LogP contribution in [0.3, 0.4) is 0 Å². The number of carbonyl (C=O) groups is 2. The summed E-state index contributed by atoms with van der Waals surface area (Å²) in [6, 6.07) is 0. The summed E-state index contributed by atoms with van der Waals surface area (Å²) < 4.78 is 34.7. The van der Waals surface area contributed by atoms with E-state index in [1.54, 1.807) is 0 Å². The highest BCUT2D eigenvalue weighted by molar-refractivity contribution is 14.1. The molecular weight excluding hydrogens is 332 g/mol. The molecule has 4 nitrogen and oxygen atoms in total. The molecule has 0 aromatic rings. The van der Waals surface area contributed by atoms with Crippen molar-refractivity contribution in [1.29, 1.82) is 0 Å². The van der Waals surface area contributed by atoms with Crippen LogP contribution in [0.1, 0.15) is 13.3 Å². The normalized spacial score (nSPS) is 17.9. The lowest BCUT2D eigenvalue weighted by molar-refractivity contribution is -0.177. The predicted molar refractivity (Wildman–Crippen MR) is 51.9 cm³/mol. The van der Waals surface area contributed by atoms with Crippen LogP contribution in [0.5, 0.6) is 0 Å². The highest BCUT2D eigenvalue weighted by Gasteiger charge is 2.57. The molecule has 0 aromatic heterocycles. The Morgan fingerprint density at radius 2 is 1.73 bits per heavy atom. The van der Waals surface area contributed by atoms with Gasteiger partial charge in [0.05, 0.1) is 12.3 Å². The molecule has 0 fully saturated rings. The first-order valence-corrected chi connectivity index (χ1v) is 4.78. The zero-order valence-corrected chi connectivity index (χ0v) is 9.66. The first-order chi connectivity index (χ1) is 6.50. The highest BCUT2D eigenvalue weighted by atomic mass is 127. The van der Waals surface area contributed by atoms with Crippen LogP contribution in [-0.2, 0) is 9.59 Å². The van der Waals surface area contributed by atoms with Crippen molar-refractivity contribution >= 4 is 34.5 Å². The van der Waals surface area contributed by atoms with Gasteiger partial charge in [0.1, 0.15) is 3.42 Å². The highest BCUT2D eigenvalue weighted by Crippen LogP contribution is 2.45. The van der Waals surface area contributed by atoms with Crippen molar-refractivity contribution in [2.75, 3.05) is 0 Å². The number of rotatable bonds is 4. The quantitative estimate of drug-likeness (QED) is 0.606. The average Bonchev–Trinajstić information content (AvgIpc) is 1.96. The Morgan fingerprint density at radius 1 is 1.33 bits per heavy atom. The summed E-state index contributed by atoms with van der Waals surface area (Å²) in [5.41, 5.74) is 0. The summed E-state index contributed by atoms with van der Waals surface area (Å²) in [6.07, 6.45) is -5.83. The molecule has 88 valence electrons. The molecule has 15 heavy (non-hydrogen) atoms. The SMILES string of the molecule is CC(I)(C(CC(=O)O)C(=O)O)C(F)(F)F. The Kier molecular flexibility index (Phi) is 4.37. The zero-order chi connectivity index (χ0) is 12.4. The van der Waals surface area contributed by atoms with E-state index in [4.69, 9.17) is 10.2 Å². The van der Waals surface area contributed by atoms with Gasteiger partial charge < -0.3 is 10.2 Å². The second-order valence-electron chi connectivity index (χ2n) is 3.06. The average molecular weight is 340 g/mol. The number of hydrogen-bond donors (Lipinski definition) is 2. The van der Waals surface area contributed by atoms with Crippen LogP contribution < -0.4 is 0 Å².